The van der Waals surface area contributed by atoms with Gasteiger partial charge in [-0.15, -0.1) is 0 Å². The molecular weight excluding hydrogens is 413 g/mol. The van der Waals surface area contributed by atoms with Crippen molar-refractivity contribution < 1.29 is 27.0 Å². The highest BCUT2D eigenvalue weighted by molar-refractivity contribution is 8.05. The topological polar surface area (TPSA) is 111 Å². The van der Waals surface area contributed by atoms with Crippen LogP contribution in [0, 0.1) is 5.82 Å². The molecule has 1 aliphatic rings. The summed E-state index contributed by atoms with van der Waals surface area (Å²) in [4.78, 5) is 17.4. The Bertz CT molecular complexity index is 1270. The second-order valence-corrected chi connectivity index (χ2v) is 9.54. The maximum atomic E-state index is 14.6. The number of hydrogen-bond acceptors (Lipinski definition) is 7. The molecule has 0 atom stereocenters. The predicted molar refractivity (Wildman–Crippen MR) is 108 cm³/mol. The summed E-state index contributed by atoms with van der Waals surface area (Å²) in [6, 6.07) is 10.7. The van der Waals surface area contributed by atoms with Gasteiger partial charge in [0.15, 0.2) is 10.6 Å². The molecule has 0 unspecified atom stereocenters. The van der Waals surface area contributed by atoms with E-state index in [4.69, 9.17) is 9.36 Å². The lowest BCUT2D eigenvalue weighted by molar-refractivity contribution is 0.0123. The molecule has 10 heteroatoms. The number of hydrogen-bond donors (Lipinski definition) is 1. The van der Waals surface area contributed by atoms with Crippen molar-refractivity contribution in [3.05, 3.63) is 59.5 Å². The van der Waals surface area contributed by atoms with Crippen LogP contribution in [-0.2, 0) is 20.4 Å². The summed E-state index contributed by atoms with van der Waals surface area (Å²) in [5, 5.41) is 10.0. The highest BCUT2D eigenvalue weighted by Crippen LogP contribution is 2.30. The molecule has 0 saturated heterocycles. The fourth-order valence-electron chi connectivity index (χ4n) is 3.03. The zero-order valence-corrected chi connectivity index (χ0v) is 17.0. The lowest BCUT2D eigenvalue weighted by Crippen LogP contribution is -2.23. The van der Waals surface area contributed by atoms with Gasteiger partial charge in [-0.25, -0.2) is 12.8 Å². The van der Waals surface area contributed by atoms with E-state index in [1.807, 2.05) is 0 Å². The van der Waals surface area contributed by atoms with Gasteiger partial charge in [-0.1, -0.05) is 28.5 Å². The number of nitrogens with one attached hydrogen (secondary N) is 1. The van der Waals surface area contributed by atoms with Crippen LogP contribution in [0.25, 0.3) is 11.0 Å². The number of fused-ring (bicyclic) bond motifs is 1. The van der Waals surface area contributed by atoms with Crippen molar-refractivity contribution in [1.29, 1.82) is 0 Å². The van der Waals surface area contributed by atoms with Crippen LogP contribution in [0.2, 0.25) is 0 Å². The summed E-state index contributed by atoms with van der Waals surface area (Å²) in [7, 11) is -3.81. The van der Waals surface area contributed by atoms with Crippen molar-refractivity contribution in [2.75, 3.05) is 5.32 Å². The Morgan fingerprint density at radius 3 is 2.63 bits per heavy atom. The minimum Gasteiger partial charge on any atom is -0.389 e. The molecule has 0 bridgehead atoms. The summed E-state index contributed by atoms with van der Waals surface area (Å²) in [5.74, 6) is -1.73. The average molecular weight is 431 g/mol. The average Bonchev–Trinajstić information content (AvgIpc) is 3.25. The van der Waals surface area contributed by atoms with E-state index >= 15 is 0 Å². The number of rotatable bonds is 4. The fourth-order valence-corrected chi connectivity index (χ4v) is 4.48. The van der Waals surface area contributed by atoms with Crippen LogP contribution in [0.4, 0.5) is 10.1 Å². The lowest BCUT2D eigenvalue weighted by atomic mass is 10.1. The van der Waals surface area contributed by atoms with E-state index in [9.17, 15) is 17.6 Å². The minimum absolute atomic E-state index is 0.0530. The molecule has 0 saturated carbocycles. The molecule has 2 heterocycles. The van der Waals surface area contributed by atoms with Gasteiger partial charge < -0.3 is 14.7 Å². The van der Waals surface area contributed by atoms with Crippen LogP contribution < -0.4 is 5.32 Å². The first kappa shape index (κ1) is 20.0. The number of oxime groups is 1. The van der Waals surface area contributed by atoms with E-state index in [1.54, 1.807) is 44.2 Å². The number of carbonyl (C=O) groups excluding carboxylic acids is 1. The Morgan fingerprint density at radius 2 is 1.97 bits per heavy atom. The molecule has 1 amide bonds. The summed E-state index contributed by atoms with van der Waals surface area (Å²) in [5.41, 5.74) is -0.236. The van der Waals surface area contributed by atoms with E-state index in [0.29, 0.717) is 5.56 Å². The number of aromatic nitrogens is 1. The minimum atomic E-state index is -3.81. The molecule has 0 spiro atoms. The van der Waals surface area contributed by atoms with Gasteiger partial charge in [0, 0.05) is 23.4 Å². The van der Waals surface area contributed by atoms with Gasteiger partial charge in [-0.2, -0.15) is 0 Å². The smallest absolute Gasteiger partial charge is 0.255 e. The first-order valence-electron chi connectivity index (χ1n) is 9.07. The molecule has 3 aromatic rings. The van der Waals surface area contributed by atoms with E-state index in [0.717, 1.165) is 6.07 Å². The summed E-state index contributed by atoms with van der Waals surface area (Å²) >= 11 is 0. The van der Waals surface area contributed by atoms with Gasteiger partial charge in [0.1, 0.15) is 22.9 Å². The quantitative estimate of drug-likeness (QED) is 0.675. The third kappa shape index (κ3) is 3.90. The number of nitrogens with zero attached hydrogens (tertiary/aromatic N) is 2. The zero-order chi connectivity index (χ0) is 21.5. The summed E-state index contributed by atoms with van der Waals surface area (Å²) in [6.07, 6.45) is 0.134. The van der Waals surface area contributed by atoms with E-state index in [1.165, 1.54) is 6.07 Å². The van der Waals surface area contributed by atoms with E-state index in [-0.39, 0.29) is 33.8 Å². The standard InChI is InChI=1S/C20H18FN3O5S/c1-20(2)10-18(24-29-20)30(26,27)11-16-13-8-14(21)15(9-17(13)28-23-16)22-19(25)12-6-4-3-5-7-12/h3-9H,10-11H2,1-2H3,(H,22,25). The molecule has 30 heavy (non-hydrogen) atoms. The molecular formula is C20H18FN3O5S. The van der Waals surface area contributed by atoms with Crippen molar-refractivity contribution in [1.82, 2.24) is 5.16 Å². The number of halogens is 1. The van der Waals surface area contributed by atoms with Gasteiger partial charge in [0.25, 0.3) is 5.91 Å². The van der Waals surface area contributed by atoms with Crippen LogP contribution in [-0.4, -0.2) is 30.1 Å². The van der Waals surface area contributed by atoms with Crippen molar-refractivity contribution in [3.8, 4) is 0 Å². The van der Waals surface area contributed by atoms with Gasteiger partial charge in [0.05, 0.1) is 5.69 Å². The van der Waals surface area contributed by atoms with E-state index < -0.39 is 32.9 Å². The van der Waals surface area contributed by atoms with E-state index in [2.05, 4.69) is 15.6 Å². The Hall–Kier alpha value is -3.27. The second-order valence-electron chi connectivity index (χ2n) is 7.55. The third-order valence-electron chi connectivity index (χ3n) is 4.58. The van der Waals surface area contributed by atoms with Gasteiger partial charge >= 0.3 is 0 Å². The molecule has 0 fully saturated rings. The van der Waals surface area contributed by atoms with Crippen molar-refractivity contribution >= 4 is 37.4 Å². The van der Waals surface area contributed by atoms with Crippen molar-refractivity contribution in [3.63, 3.8) is 0 Å². The predicted octanol–water partition coefficient (Wildman–Crippen LogP) is 3.65. The fraction of sp³-hybridized carbons (Fsp3) is 0.250. The second kappa shape index (κ2) is 7.21. The van der Waals surface area contributed by atoms with Gasteiger partial charge in [0.2, 0.25) is 9.84 Å². The van der Waals surface area contributed by atoms with Crippen LogP contribution in [0.3, 0.4) is 0 Å². The molecule has 0 aliphatic carbocycles. The molecule has 156 valence electrons. The Balaban J connectivity index is 1.59. The first-order valence-corrected chi connectivity index (χ1v) is 10.7. The molecule has 1 aromatic heterocycles. The zero-order valence-electron chi connectivity index (χ0n) is 16.2. The highest BCUT2D eigenvalue weighted by Gasteiger charge is 2.36. The molecule has 1 N–H and O–H groups in total. The summed E-state index contributed by atoms with van der Waals surface area (Å²) < 4.78 is 45.1. The SMILES string of the molecule is CC1(C)CC(S(=O)(=O)Cc2noc3cc(NC(=O)c4ccccc4)c(F)cc23)=NO1. The Labute approximate surface area is 171 Å². The maximum Gasteiger partial charge on any atom is 0.255 e. The largest absolute Gasteiger partial charge is 0.389 e. The number of anilines is 1. The van der Waals surface area contributed by atoms with Crippen LogP contribution in [0.1, 0.15) is 36.3 Å². The lowest BCUT2D eigenvalue weighted by Gasteiger charge is -2.13. The monoisotopic (exact) mass is 431 g/mol. The highest BCUT2D eigenvalue weighted by atomic mass is 32.2. The number of amides is 1. The van der Waals surface area contributed by atoms with Crippen molar-refractivity contribution in [2.24, 2.45) is 5.16 Å². The van der Waals surface area contributed by atoms with Gasteiger partial charge in [-0.3, -0.25) is 4.79 Å². The Morgan fingerprint density at radius 1 is 1.23 bits per heavy atom. The number of benzene rings is 2. The maximum absolute atomic E-state index is 14.6. The summed E-state index contributed by atoms with van der Waals surface area (Å²) in [6.45, 7) is 3.45. The third-order valence-corrected chi connectivity index (χ3v) is 6.17. The number of carbonyl (C=O) groups is 1. The number of sulfone groups is 1. The Kier molecular flexibility index (Phi) is 4.81. The molecule has 2 aromatic carbocycles. The molecule has 0 radical (unpaired) electrons. The molecule has 8 nitrogen and oxygen atoms in total. The first-order chi connectivity index (χ1) is 14.1. The van der Waals surface area contributed by atoms with Crippen LogP contribution in [0.15, 0.2) is 52.1 Å². The molecule has 4 rings (SSSR count). The van der Waals surface area contributed by atoms with Gasteiger partial charge in [-0.05, 0) is 32.0 Å². The normalized spacial score (nSPS) is 15.6. The van der Waals surface area contributed by atoms with Crippen LogP contribution >= 0.6 is 0 Å². The van der Waals surface area contributed by atoms with Crippen LogP contribution in [0.5, 0.6) is 0 Å². The van der Waals surface area contributed by atoms with Crippen molar-refractivity contribution in [2.45, 2.75) is 31.6 Å². The molecule has 1 aliphatic heterocycles.